The lowest BCUT2D eigenvalue weighted by molar-refractivity contribution is -0.132. The lowest BCUT2D eigenvalue weighted by Crippen LogP contribution is -2.57. The SMILES string of the molecule is BC(=O)N1CCC2(CC1)C(=O)N(C)CN2c1ccc2[nH]ncc2c1. The van der Waals surface area contributed by atoms with Crippen molar-refractivity contribution < 1.29 is 9.59 Å². The lowest BCUT2D eigenvalue weighted by atomic mass is 9.84. The van der Waals surface area contributed by atoms with Gasteiger partial charge in [0.05, 0.1) is 18.4 Å². The van der Waals surface area contributed by atoms with Crippen molar-refractivity contribution in [3.05, 3.63) is 24.4 Å². The fraction of sp³-hybridized carbons (Fsp3) is 0.438. The zero-order valence-corrected chi connectivity index (χ0v) is 14.0. The summed E-state index contributed by atoms with van der Waals surface area (Å²) in [5.74, 6) is 0.230. The molecule has 1 N–H and O–H groups in total. The van der Waals surface area contributed by atoms with Crippen LogP contribution in [0.5, 0.6) is 0 Å². The first-order valence-electron chi connectivity index (χ1n) is 8.23. The summed E-state index contributed by atoms with van der Waals surface area (Å²) < 4.78 is 0. The Morgan fingerprint density at radius 2 is 2.08 bits per heavy atom. The van der Waals surface area contributed by atoms with Crippen LogP contribution < -0.4 is 4.90 Å². The molecule has 0 atom stereocenters. The summed E-state index contributed by atoms with van der Waals surface area (Å²) in [5.41, 5.74) is 1.47. The van der Waals surface area contributed by atoms with E-state index in [1.807, 2.05) is 24.1 Å². The van der Waals surface area contributed by atoms with Crippen LogP contribution in [0.15, 0.2) is 24.4 Å². The van der Waals surface area contributed by atoms with E-state index in [1.165, 1.54) is 0 Å². The van der Waals surface area contributed by atoms with Gasteiger partial charge in [-0.25, -0.2) is 0 Å². The second kappa shape index (κ2) is 5.26. The Bertz CT molecular complexity index is 812. The number of benzene rings is 1. The molecule has 1 spiro atoms. The molecule has 2 aliphatic heterocycles. The lowest BCUT2D eigenvalue weighted by Gasteiger charge is -2.43. The first kappa shape index (κ1) is 15.0. The fourth-order valence-electron chi connectivity index (χ4n) is 3.98. The summed E-state index contributed by atoms with van der Waals surface area (Å²) in [6.45, 7) is 1.82. The summed E-state index contributed by atoms with van der Waals surface area (Å²) >= 11 is 0. The molecule has 24 heavy (non-hydrogen) atoms. The van der Waals surface area contributed by atoms with E-state index in [2.05, 4.69) is 21.2 Å². The van der Waals surface area contributed by atoms with Crippen molar-refractivity contribution in [3.63, 3.8) is 0 Å². The van der Waals surface area contributed by atoms with Gasteiger partial charge in [-0.05, 0) is 31.0 Å². The molecule has 2 fully saturated rings. The van der Waals surface area contributed by atoms with E-state index < -0.39 is 5.54 Å². The number of fused-ring (bicyclic) bond motifs is 1. The average Bonchev–Trinajstić information content (AvgIpc) is 3.14. The van der Waals surface area contributed by atoms with Crippen molar-refractivity contribution in [2.45, 2.75) is 18.4 Å². The minimum absolute atomic E-state index is 0.0787. The van der Waals surface area contributed by atoms with Crippen LogP contribution in [0.4, 0.5) is 10.5 Å². The first-order chi connectivity index (χ1) is 11.5. The molecule has 0 radical (unpaired) electrons. The van der Waals surface area contributed by atoms with Gasteiger partial charge >= 0.3 is 0 Å². The standard InChI is InChI=1S/C16H20BN5O2/c1-20-10-22(12-2-3-13-11(8-12)9-18-19-13)16(14(20)23)4-6-21(7-5-16)15(17)24/h2-3,8-9H,4-7,10,17H2,1H3,(H,18,19). The smallest absolute Gasteiger partial charge is 0.249 e. The van der Waals surface area contributed by atoms with Crippen LogP contribution in [-0.2, 0) is 4.79 Å². The number of carbonyl (C=O) groups excluding carboxylic acids is 2. The maximum Gasteiger partial charge on any atom is 0.249 e. The minimum Gasteiger partial charge on any atom is -0.352 e. The number of H-pyrrole nitrogens is 1. The van der Waals surface area contributed by atoms with E-state index in [0.717, 1.165) is 16.6 Å². The van der Waals surface area contributed by atoms with Gasteiger partial charge in [0.25, 0.3) is 0 Å². The Morgan fingerprint density at radius 1 is 1.33 bits per heavy atom. The molecule has 2 saturated heterocycles. The van der Waals surface area contributed by atoms with E-state index >= 15 is 0 Å². The number of nitrogens with zero attached hydrogens (tertiary/aromatic N) is 4. The fourth-order valence-corrected chi connectivity index (χ4v) is 3.98. The average molecular weight is 325 g/mol. The molecule has 0 aliphatic carbocycles. The molecule has 2 aromatic rings. The number of hydrogen-bond donors (Lipinski definition) is 1. The third-order valence-corrected chi connectivity index (χ3v) is 5.39. The number of piperidine rings is 1. The summed E-state index contributed by atoms with van der Waals surface area (Å²) in [5, 5.41) is 8.05. The van der Waals surface area contributed by atoms with Gasteiger partial charge in [0, 0.05) is 31.2 Å². The molecule has 0 unspecified atom stereocenters. The Labute approximate surface area is 141 Å². The topological polar surface area (TPSA) is 72.5 Å². The van der Waals surface area contributed by atoms with Gasteiger partial charge in [-0.1, -0.05) is 0 Å². The van der Waals surface area contributed by atoms with Crippen LogP contribution in [0.25, 0.3) is 10.9 Å². The number of amides is 2. The summed E-state index contributed by atoms with van der Waals surface area (Å²) in [6, 6.07) is 6.11. The van der Waals surface area contributed by atoms with Gasteiger partial charge < -0.3 is 14.7 Å². The molecule has 2 amide bonds. The van der Waals surface area contributed by atoms with Crippen LogP contribution >= 0.6 is 0 Å². The Kier molecular flexibility index (Phi) is 3.30. The third-order valence-electron chi connectivity index (χ3n) is 5.39. The zero-order valence-electron chi connectivity index (χ0n) is 14.0. The number of carbonyl (C=O) groups is 2. The molecule has 4 rings (SSSR count). The van der Waals surface area contributed by atoms with Crippen LogP contribution in [-0.4, -0.2) is 71.9 Å². The molecule has 7 nitrogen and oxygen atoms in total. The molecule has 0 bridgehead atoms. The van der Waals surface area contributed by atoms with Crippen molar-refractivity contribution in [3.8, 4) is 0 Å². The Balaban J connectivity index is 1.70. The summed E-state index contributed by atoms with van der Waals surface area (Å²) in [6.07, 6.45) is 3.13. The first-order valence-corrected chi connectivity index (χ1v) is 8.23. The predicted octanol–water partition coefficient (Wildman–Crippen LogP) is 0.386. The van der Waals surface area contributed by atoms with E-state index in [0.29, 0.717) is 32.6 Å². The molecule has 124 valence electrons. The van der Waals surface area contributed by atoms with Crippen molar-refractivity contribution in [1.29, 1.82) is 0 Å². The number of likely N-dealkylation sites (N-methyl/N-ethyl adjacent to an activating group) is 1. The molecule has 0 saturated carbocycles. The molecule has 3 heterocycles. The van der Waals surface area contributed by atoms with Gasteiger partial charge in [0.1, 0.15) is 5.54 Å². The number of likely N-dealkylation sites (tertiary alicyclic amines) is 1. The molecule has 2 aliphatic rings. The van der Waals surface area contributed by atoms with Crippen LogP contribution in [0, 0.1) is 0 Å². The highest BCUT2D eigenvalue weighted by Gasteiger charge is 2.52. The number of nitrogens with one attached hydrogen (secondary N) is 1. The molecular formula is C16H20BN5O2. The second-order valence-electron chi connectivity index (χ2n) is 6.75. The number of anilines is 1. The van der Waals surface area contributed by atoms with Gasteiger partial charge in [0.2, 0.25) is 13.8 Å². The summed E-state index contributed by atoms with van der Waals surface area (Å²) in [4.78, 5) is 30.3. The van der Waals surface area contributed by atoms with Gasteiger partial charge in [0.15, 0.2) is 5.81 Å². The van der Waals surface area contributed by atoms with Crippen molar-refractivity contribution in [1.82, 2.24) is 20.0 Å². The molecule has 8 heteroatoms. The number of rotatable bonds is 1. The van der Waals surface area contributed by atoms with Crippen LogP contribution in [0.1, 0.15) is 12.8 Å². The normalized spacial score (nSPS) is 20.4. The van der Waals surface area contributed by atoms with Crippen molar-refractivity contribution >= 4 is 36.2 Å². The quantitative estimate of drug-likeness (QED) is 0.770. The highest BCUT2D eigenvalue weighted by Crippen LogP contribution is 2.39. The van der Waals surface area contributed by atoms with Gasteiger partial charge in [-0.15, -0.1) is 0 Å². The van der Waals surface area contributed by atoms with Crippen LogP contribution in [0.2, 0.25) is 0 Å². The van der Waals surface area contributed by atoms with Crippen molar-refractivity contribution in [2.75, 3.05) is 31.7 Å². The summed E-state index contributed by atoms with van der Waals surface area (Å²) in [7, 11) is 3.43. The second-order valence-corrected chi connectivity index (χ2v) is 6.75. The maximum absolute atomic E-state index is 12.9. The molecular weight excluding hydrogens is 305 g/mol. The van der Waals surface area contributed by atoms with Crippen LogP contribution in [0.3, 0.4) is 0 Å². The van der Waals surface area contributed by atoms with Gasteiger partial charge in [-0.3, -0.25) is 14.7 Å². The Morgan fingerprint density at radius 3 is 2.79 bits per heavy atom. The predicted molar refractivity (Wildman–Crippen MR) is 93.7 cm³/mol. The Hall–Kier alpha value is -2.51. The van der Waals surface area contributed by atoms with Gasteiger partial charge in [-0.2, -0.15) is 5.10 Å². The number of aromatic nitrogens is 2. The minimum atomic E-state index is -0.544. The number of aromatic amines is 1. The number of hydrogen-bond acceptors (Lipinski definition) is 4. The largest absolute Gasteiger partial charge is 0.352 e. The third kappa shape index (κ3) is 2.09. The molecule has 1 aromatic carbocycles. The van der Waals surface area contributed by atoms with E-state index in [-0.39, 0.29) is 11.7 Å². The van der Waals surface area contributed by atoms with E-state index in [4.69, 9.17) is 0 Å². The highest BCUT2D eigenvalue weighted by atomic mass is 16.2. The van der Waals surface area contributed by atoms with E-state index in [9.17, 15) is 9.59 Å². The monoisotopic (exact) mass is 325 g/mol. The van der Waals surface area contributed by atoms with Crippen molar-refractivity contribution in [2.24, 2.45) is 0 Å². The maximum atomic E-state index is 12.9. The van der Waals surface area contributed by atoms with E-state index in [1.54, 1.807) is 18.9 Å². The zero-order chi connectivity index (χ0) is 16.9. The molecule has 1 aromatic heterocycles. The highest BCUT2D eigenvalue weighted by molar-refractivity contribution is 6.56.